The normalized spacial score (nSPS) is 16.6. The smallest absolute Gasteiger partial charge is 0.152 e. The quantitative estimate of drug-likeness (QED) is 0.856. The molecule has 0 spiro atoms. The van der Waals surface area contributed by atoms with Gasteiger partial charge < -0.3 is 10.5 Å². The van der Waals surface area contributed by atoms with Crippen molar-refractivity contribution >= 4 is 5.78 Å². The summed E-state index contributed by atoms with van der Waals surface area (Å²) in [5.74, 6) is 1.15. The van der Waals surface area contributed by atoms with Crippen LogP contribution in [0.15, 0.2) is 18.2 Å². The number of ether oxygens (including phenoxy) is 1. The molecule has 0 fully saturated rings. The van der Waals surface area contributed by atoms with E-state index in [4.69, 9.17) is 10.5 Å². The summed E-state index contributed by atoms with van der Waals surface area (Å²) in [6.45, 7) is 4.67. The first-order valence-corrected chi connectivity index (χ1v) is 7.09. The van der Waals surface area contributed by atoms with Gasteiger partial charge in [0.05, 0.1) is 12.1 Å². The second-order valence-corrected chi connectivity index (χ2v) is 5.63. The number of ketones is 1. The molecule has 0 aliphatic carbocycles. The maximum atomic E-state index is 12.1. The number of fused-ring (bicyclic) bond motifs is 1. The van der Waals surface area contributed by atoms with E-state index in [2.05, 4.69) is 13.0 Å². The van der Waals surface area contributed by atoms with Gasteiger partial charge in [0.2, 0.25) is 0 Å². The molecular weight excluding hydrogens is 238 g/mol. The number of carbonyl (C=O) groups is 1. The lowest BCUT2D eigenvalue weighted by Gasteiger charge is -2.22. The molecule has 1 aliphatic rings. The largest absolute Gasteiger partial charge is 0.493 e. The molecule has 19 heavy (non-hydrogen) atoms. The summed E-state index contributed by atoms with van der Waals surface area (Å²) in [6, 6.07) is 6.21. The highest BCUT2D eigenvalue weighted by Crippen LogP contribution is 2.26. The van der Waals surface area contributed by atoms with Crippen molar-refractivity contribution < 1.29 is 9.53 Å². The van der Waals surface area contributed by atoms with Crippen molar-refractivity contribution in [3.05, 3.63) is 29.3 Å². The Morgan fingerprint density at radius 3 is 3.00 bits per heavy atom. The third kappa shape index (κ3) is 3.35. The summed E-state index contributed by atoms with van der Waals surface area (Å²) in [5, 5.41) is 0. The molecule has 0 amide bonds. The van der Waals surface area contributed by atoms with Crippen molar-refractivity contribution in [2.75, 3.05) is 6.61 Å². The summed E-state index contributed by atoms with van der Waals surface area (Å²) >= 11 is 0. The molecule has 2 rings (SSSR count). The number of aryl methyl sites for hydroxylation is 1. The van der Waals surface area contributed by atoms with E-state index in [-0.39, 0.29) is 5.78 Å². The molecule has 3 nitrogen and oxygen atoms in total. The van der Waals surface area contributed by atoms with Gasteiger partial charge in [0.15, 0.2) is 5.78 Å². The zero-order valence-electron chi connectivity index (χ0n) is 11.9. The van der Waals surface area contributed by atoms with Gasteiger partial charge >= 0.3 is 0 Å². The first-order chi connectivity index (χ1) is 9.03. The molecule has 0 radical (unpaired) electrons. The minimum atomic E-state index is -0.672. The lowest BCUT2D eigenvalue weighted by atomic mass is 9.89. The third-order valence-corrected chi connectivity index (χ3v) is 3.80. The molecule has 2 N–H and O–H groups in total. The molecule has 1 aliphatic heterocycles. The topological polar surface area (TPSA) is 52.3 Å². The molecule has 1 unspecified atom stereocenters. The third-order valence-electron chi connectivity index (χ3n) is 3.80. The fourth-order valence-corrected chi connectivity index (χ4v) is 2.60. The van der Waals surface area contributed by atoms with Crippen LogP contribution < -0.4 is 10.5 Å². The van der Waals surface area contributed by atoms with Crippen LogP contribution in [0.25, 0.3) is 0 Å². The predicted molar refractivity (Wildman–Crippen MR) is 76.5 cm³/mol. The first-order valence-electron chi connectivity index (χ1n) is 7.09. The molecule has 0 aromatic heterocycles. The maximum absolute atomic E-state index is 12.1. The van der Waals surface area contributed by atoms with Gasteiger partial charge in [-0.05, 0) is 37.0 Å². The highest BCUT2D eigenvalue weighted by Gasteiger charge is 2.26. The highest BCUT2D eigenvalue weighted by atomic mass is 16.5. The fourth-order valence-electron chi connectivity index (χ4n) is 2.60. The second-order valence-electron chi connectivity index (χ2n) is 5.63. The summed E-state index contributed by atoms with van der Waals surface area (Å²) in [6.07, 6.45) is 3.95. The number of rotatable bonds is 6. The molecule has 1 aromatic carbocycles. The average Bonchev–Trinajstić information content (AvgIpc) is 2.83. The number of nitrogens with two attached hydrogens (primary N) is 1. The predicted octanol–water partition coefficient (Wildman–Crippen LogP) is 2.64. The number of hydrogen-bond donors (Lipinski definition) is 1. The van der Waals surface area contributed by atoms with Crippen LogP contribution in [0.2, 0.25) is 0 Å². The summed E-state index contributed by atoms with van der Waals surface area (Å²) in [4.78, 5) is 12.1. The van der Waals surface area contributed by atoms with Crippen molar-refractivity contribution in [1.82, 2.24) is 0 Å². The van der Waals surface area contributed by atoms with Gasteiger partial charge in [-0.2, -0.15) is 0 Å². The summed E-state index contributed by atoms with van der Waals surface area (Å²) in [5.41, 5.74) is 7.84. The fraction of sp³-hybridized carbons (Fsp3) is 0.562. The summed E-state index contributed by atoms with van der Waals surface area (Å²) < 4.78 is 5.48. The second kappa shape index (κ2) is 5.74. The maximum Gasteiger partial charge on any atom is 0.152 e. The van der Waals surface area contributed by atoms with E-state index >= 15 is 0 Å². The number of hydrogen-bond acceptors (Lipinski definition) is 3. The minimum absolute atomic E-state index is 0.158. The zero-order valence-corrected chi connectivity index (χ0v) is 11.9. The van der Waals surface area contributed by atoms with Crippen LogP contribution >= 0.6 is 0 Å². The van der Waals surface area contributed by atoms with Crippen LogP contribution in [-0.4, -0.2) is 17.9 Å². The van der Waals surface area contributed by atoms with Crippen molar-refractivity contribution in [2.45, 2.75) is 51.5 Å². The molecule has 104 valence electrons. The van der Waals surface area contributed by atoms with Gasteiger partial charge in [0.25, 0.3) is 0 Å². The van der Waals surface area contributed by atoms with Crippen molar-refractivity contribution in [3.63, 3.8) is 0 Å². The van der Waals surface area contributed by atoms with Crippen LogP contribution in [0.3, 0.4) is 0 Å². The van der Waals surface area contributed by atoms with E-state index in [0.717, 1.165) is 38.0 Å². The number of carbonyl (C=O) groups excluding carboxylic acids is 1. The molecule has 0 bridgehead atoms. The van der Waals surface area contributed by atoms with E-state index < -0.39 is 5.54 Å². The van der Waals surface area contributed by atoms with Crippen LogP contribution in [0.1, 0.15) is 44.2 Å². The lowest BCUT2D eigenvalue weighted by Crippen LogP contribution is -2.44. The van der Waals surface area contributed by atoms with Crippen LogP contribution in [0.5, 0.6) is 5.75 Å². The van der Waals surface area contributed by atoms with E-state index in [1.165, 1.54) is 11.1 Å². The molecule has 1 atom stereocenters. The molecule has 1 heterocycles. The van der Waals surface area contributed by atoms with Gasteiger partial charge in [-0.15, -0.1) is 0 Å². The molecule has 1 aromatic rings. The number of benzene rings is 1. The lowest BCUT2D eigenvalue weighted by molar-refractivity contribution is -0.123. The van der Waals surface area contributed by atoms with Gasteiger partial charge in [0, 0.05) is 12.8 Å². The van der Waals surface area contributed by atoms with E-state index in [1.54, 1.807) is 0 Å². The Labute approximate surface area is 115 Å². The molecule has 0 saturated carbocycles. The Hall–Kier alpha value is -1.35. The van der Waals surface area contributed by atoms with Crippen LogP contribution in [-0.2, 0) is 17.6 Å². The SMILES string of the molecule is CCCC(C)(N)C(=O)CCc1ccc2c(c1)CCO2. The monoisotopic (exact) mass is 261 g/mol. The zero-order chi connectivity index (χ0) is 13.9. The van der Waals surface area contributed by atoms with E-state index in [9.17, 15) is 4.79 Å². The minimum Gasteiger partial charge on any atom is -0.493 e. The van der Waals surface area contributed by atoms with Crippen LogP contribution in [0, 0.1) is 0 Å². The molecule has 0 saturated heterocycles. The Bertz CT molecular complexity index is 466. The van der Waals surface area contributed by atoms with Gasteiger partial charge in [-0.1, -0.05) is 25.5 Å². The Balaban J connectivity index is 1.94. The van der Waals surface area contributed by atoms with Gasteiger partial charge in [-0.25, -0.2) is 0 Å². The number of Topliss-reactive ketones (excluding diaryl/α,β-unsaturated/α-hetero) is 1. The average molecular weight is 261 g/mol. The van der Waals surface area contributed by atoms with Crippen molar-refractivity contribution in [3.8, 4) is 5.75 Å². The Morgan fingerprint density at radius 1 is 1.47 bits per heavy atom. The van der Waals surface area contributed by atoms with Crippen LogP contribution in [0.4, 0.5) is 0 Å². The first kappa shape index (κ1) is 14.1. The standard InChI is InChI=1S/C16H23NO2/c1-3-9-16(2,17)15(18)7-5-12-4-6-14-13(11-12)8-10-19-14/h4,6,11H,3,5,7-10,17H2,1-2H3. The highest BCUT2D eigenvalue weighted by molar-refractivity contribution is 5.87. The molecule has 3 heteroatoms. The van der Waals surface area contributed by atoms with Crippen molar-refractivity contribution in [2.24, 2.45) is 5.73 Å². The summed E-state index contributed by atoms with van der Waals surface area (Å²) in [7, 11) is 0. The van der Waals surface area contributed by atoms with Gasteiger partial charge in [-0.3, -0.25) is 4.79 Å². The van der Waals surface area contributed by atoms with Crippen molar-refractivity contribution in [1.29, 1.82) is 0 Å². The Kier molecular flexibility index (Phi) is 4.25. The Morgan fingerprint density at radius 2 is 2.26 bits per heavy atom. The van der Waals surface area contributed by atoms with Gasteiger partial charge in [0.1, 0.15) is 5.75 Å². The van der Waals surface area contributed by atoms with E-state index in [1.807, 2.05) is 19.1 Å². The van der Waals surface area contributed by atoms with E-state index in [0.29, 0.717) is 6.42 Å². The molecular formula is C16H23NO2.